The SMILES string of the molecule is CCCCc1ccc(-c2cc3sc(C#Cc4cc(F)c(C=O)c(F)c4)cc3s2)c(CC)c1. The highest BCUT2D eigenvalue weighted by Crippen LogP contribution is 2.39. The minimum atomic E-state index is -0.895. The van der Waals surface area contributed by atoms with E-state index in [1.807, 2.05) is 6.07 Å². The van der Waals surface area contributed by atoms with Gasteiger partial charge in [0.1, 0.15) is 11.6 Å². The molecule has 0 unspecified atom stereocenters. The van der Waals surface area contributed by atoms with Crippen molar-refractivity contribution >= 4 is 38.4 Å². The van der Waals surface area contributed by atoms with Crippen molar-refractivity contribution < 1.29 is 13.6 Å². The first-order valence-electron chi connectivity index (χ1n) is 10.6. The van der Waals surface area contributed by atoms with E-state index >= 15 is 0 Å². The van der Waals surface area contributed by atoms with Gasteiger partial charge in [-0.3, -0.25) is 4.79 Å². The van der Waals surface area contributed by atoms with Crippen LogP contribution in [0.2, 0.25) is 0 Å². The molecule has 2 aromatic heterocycles. The van der Waals surface area contributed by atoms with E-state index in [0.29, 0.717) is 0 Å². The van der Waals surface area contributed by atoms with Crippen molar-refractivity contribution in [2.75, 3.05) is 0 Å². The molecule has 2 aromatic carbocycles. The maximum atomic E-state index is 13.8. The summed E-state index contributed by atoms with van der Waals surface area (Å²) in [5.41, 5.74) is 3.70. The van der Waals surface area contributed by atoms with Crippen LogP contribution in [-0.4, -0.2) is 6.29 Å². The molecular formula is C27H22F2OS2. The number of rotatable bonds is 6. The molecule has 2 heterocycles. The summed E-state index contributed by atoms with van der Waals surface area (Å²) in [6, 6.07) is 13.2. The molecule has 32 heavy (non-hydrogen) atoms. The Hall–Kier alpha value is -2.81. The summed E-state index contributed by atoms with van der Waals surface area (Å²) in [4.78, 5) is 12.8. The minimum absolute atomic E-state index is 0.176. The van der Waals surface area contributed by atoms with Gasteiger partial charge in [0, 0.05) is 19.8 Å². The van der Waals surface area contributed by atoms with Crippen LogP contribution < -0.4 is 0 Å². The zero-order valence-electron chi connectivity index (χ0n) is 17.9. The van der Waals surface area contributed by atoms with Crippen LogP contribution in [0.3, 0.4) is 0 Å². The Bertz CT molecular complexity index is 1300. The molecule has 162 valence electrons. The summed E-state index contributed by atoms with van der Waals surface area (Å²) in [6.45, 7) is 4.41. The van der Waals surface area contributed by atoms with Crippen LogP contribution >= 0.6 is 22.7 Å². The van der Waals surface area contributed by atoms with Crippen molar-refractivity contribution in [2.24, 2.45) is 0 Å². The zero-order chi connectivity index (χ0) is 22.7. The van der Waals surface area contributed by atoms with Gasteiger partial charge in [0.05, 0.1) is 10.4 Å². The van der Waals surface area contributed by atoms with E-state index in [1.54, 1.807) is 22.7 Å². The van der Waals surface area contributed by atoms with Gasteiger partial charge in [0.2, 0.25) is 0 Å². The summed E-state index contributed by atoms with van der Waals surface area (Å²) in [6.07, 6.45) is 4.70. The first-order chi connectivity index (χ1) is 15.5. The van der Waals surface area contributed by atoms with Crippen LogP contribution in [0.25, 0.3) is 19.8 Å². The Balaban J connectivity index is 1.60. The van der Waals surface area contributed by atoms with Crippen molar-refractivity contribution in [3.63, 3.8) is 0 Å². The normalized spacial score (nSPS) is 10.9. The van der Waals surface area contributed by atoms with Crippen molar-refractivity contribution in [3.05, 3.63) is 81.2 Å². The third-order valence-electron chi connectivity index (χ3n) is 5.37. The second kappa shape index (κ2) is 9.77. The fourth-order valence-electron chi connectivity index (χ4n) is 3.65. The minimum Gasteiger partial charge on any atom is -0.298 e. The lowest BCUT2D eigenvalue weighted by atomic mass is 9.98. The molecule has 0 atom stereocenters. The molecule has 1 nitrogen and oxygen atoms in total. The van der Waals surface area contributed by atoms with Crippen molar-refractivity contribution in [3.8, 4) is 22.3 Å². The fourth-order valence-corrected chi connectivity index (χ4v) is 5.96. The Kier molecular flexibility index (Phi) is 6.83. The molecule has 0 amide bonds. The van der Waals surface area contributed by atoms with Gasteiger partial charge in [-0.2, -0.15) is 0 Å². The van der Waals surface area contributed by atoms with E-state index in [1.165, 1.54) is 34.4 Å². The average molecular weight is 465 g/mol. The molecule has 0 saturated carbocycles. The third-order valence-corrected chi connectivity index (χ3v) is 7.61. The monoisotopic (exact) mass is 464 g/mol. The highest BCUT2D eigenvalue weighted by molar-refractivity contribution is 7.29. The summed E-state index contributed by atoms with van der Waals surface area (Å²) in [7, 11) is 0. The van der Waals surface area contributed by atoms with Gasteiger partial charge in [0.25, 0.3) is 0 Å². The molecule has 4 aromatic rings. The maximum absolute atomic E-state index is 13.8. The fraction of sp³-hybridized carbons (Fsp3) is 0.222. The van der Waals surface area contributed by atoms with Gasteiger partial charge in [-0.1, -0.05) is 50.3 Å². The third kappa shape index (κ3) is 4.67. The molecule has 0 N–H and O–H groups in total. The van der Waals surface area contributed by atoms with Crippen molar-refractivity contribution in [1.82, 2.24) is 0 Å². The number of aldehydes is 1. The van der Waals surface area contributed by atoms with Gasteiger partial charge < -0.3 is 0 Å². The second-order valence-electron chi connectivity index (χ2n) is 7.62. The predicted molar refractivity (Wildman–Crippen MR) is 131 cm³/mol. The first-order valence-corrected chi connectivity index (χ1v) is 12.3. The molecule has 0 fully saturated rings. The smallest absolute Gasteiger partial charge is 0.155 e. The largest absolute Gasteiger partial charge is 0.298 e. The summed E-state index contributed by atoms with van der Waals surface area (Å²) >= 11 is 3.31. The lowest BCUT2D eigenvalue weighted by molar-refractivity contribution is 0.111. The van der Waals surface area contributed by atoms with Gasteiger partial charge >= 0.3 is 0 Å². The summed E-state index contributed by atoms with van der Waals surface area (Å²) in [5.74, 6) is 4.00. The summed E-state index contributed by atoms with van der Waals surface area (Å²) in [5, 5.41) is 0. The highest BCUT2D eigenvalue weighted by atomic mass is 32.1. The lowest BCUT2D eigenvalue weighted by Crippen LogP contribution is -1.94. The standard InChI is InChI=1S/C27H22F2OS2/c1-3-5-6-17-8-10-21(19(4-2)11-17)25-15-27-26(32-25)14-20(31-27)9-7-18-12-23(28)22(16-30)24(29)13-18/h8,10-16H,3-6H2,1-2H3. The highest BCUT2D eigenvalue weighted by Gasteiger charge is 2.12. The van der Waals surface area contributed by atoms with Gasteiger partial charge in [-0.05, 0) is 60.2 Å². The lowest BCUT2D eigenvalue weighted by Gasteiger charge is -2.09. The van der Waals surface area contributed by atoms with Crippen molar-refractivity contribution in [1.29, 1.82) is 0 Å². The van der Waals surface area contributed by atoms with E-state index in [-0.39, 0.29) is 11.8 Å². The van der Waals surface area contributed by atoms with Crippen LogP contribution in [0.1, 0.15) is 58.6 Å². The summed E-state index contributed by atoms with van der Waals surface area (Å²) < 4.78 is 29.9. The Labute approximate surface area is 194 Å². The number of unbranched alkanes of at least 4 members (excludes halogenated alkanes) is 1. The molecule has 0 bridgehead atoms. The maximum Gasteiger partial charge on any atom is 0.155 e. The van der Waals surface area contributed by atoms with Crippen LogP contribution in [0.4, 0.5) is 8.78 Å². The second-order valence-corrected chi connectivity index (χ2v) is 9.79. The first kappa shape index (κ1) is 22.4. The number of benzene rings is 2. The van der Waals surface area contributed by atoms with Crippen LogP contribution in [-0.2, 0) is 12.8 Å². The number of thiophene rings is 2. The molecule has 0 saturated heterocycles. The number of halogens is 2. The number of carbonyl (C=O) groups is 1. The van der Waals surface area contributed by atoms with Crippen LogP contribution in [0, 0.1) is 23.5 Å². The van der Waals surface area contributed by atoms with Gasteiger partial charge in [-0.15, -0.1) is 22.7 Å². The average Bonchev–Trinajstić information content (AvgIpc) is 3.34. The van der Waals surface area contributed by atoms with Gasteiger partial charge in [0.15, 0.2) is 6.29 Å². The molecule has 0 aliphatic rings. The predicted octanol–water partition coefficient (Wildman–Crippen LogP) is 8.03. The number of hydrogen-bond acceptors (Lipinski definition) is 3. The molecule has 0 aliphatic carbocycles. The molecule has 0 radical (unpaired) electrons. The van der Waals surface area contributed by atoms with Gasteiger partial charge in [-0.25, -0.2) is 8.78 Å². The van der Waals surface area contributed by atoms with Crippen LogP contribution in [0.15, 0.2) is 42.5 Å². The number of fused-ring (bicyclic) bond motifs is 1. The molecule has 0 spiro atoms. The molecular weight excluding hydrogens is 442 g/mol. The van der Waals surface area contributed by atoms with Crippen molar-refractivity contribution in [2.45, 2.75) is 39.5 Å². The molecule has 0 aliphatic heterocycles. The Morgan fingerprint density at radius 2 is 1.69 bits per heavy atom. The Morgan fingerprint density at radius 3 is 2.34 bits per heavy atom. The number of carbonyl (C=O) groups excluding carboxylic acids is 1. The number of hydrogen-bond donors (Lipinski definition) is 0. The van der Waals surface area contributed by atoms with E-state index in [4.69, 9.17) is 0 Å². The van der Waals surface area contributed by atoms with E-state index in [2.05, 4.69) is 50.0 Å². The quantitative estimate of drug-likeness (QED) is 0.208. The number of aryl methyl sites for hydroxylation is 2. The van der Waals surface area contributed by atoms with Crippen LogP contribution in [0.5, 0.6) is 0 Å². The molecule has 5 heteroatoms. The topological polar surface area (TPSA) is 17.1 Å². The zero-order valence-corrected chi connectivity index (χ0v) is 19.6. The van der Waals surface area contributed by atoms with E-state index in [9.17, 15) is 13.6 Å². The van der Waals surface area contributed by atoms with E-state index < -0.39 is 17.2 Å². The molecule has 4 rings (SSSR count). The Morgan fingerprint density at radius 1 is 0.938 bits per heavy atom. The van der Waals surface area contributed by atoms with E-state index in [0.717, 1.165) is 39.3 Å².